The third-order valence-corrected chi connectivity index (χ3v) is 4.04. The predicted molar refractivity (Wildman–Crippen MR) is 60.9 cm³/mol. The molecule has 1 heterocycles. The van der Waals surface area contributed by atoms with E-state index in [0.29, 0.717) is 17.5 Å². The lowest BCUT2D eigenvalue weighted by Gasteiger charge is -2.22. The van der Waals surface area contributed by atoms with E-state index in [2.05, 4.69) is 10.3 Å². The molecule has 0 spiro atoms. The highest BCUT2D eigenvalue weighted by Gasteiger charge is 2.40. The van der Waals surface area contributed by atoms with Gasteiger partial charge < -0.3 is 5.32 Å². The van der Waals surface area contributed by atoms with Crippen molar-refractivity contribution in [3.63, 3.8) is 0 Å². The van der Waals surface area contributed by atoms with Gasteiger partial charge in [-0.15, -0.1) is 0 Å². The van der Waals surface area contributed by atoms with Crippen LogP contribution in [-0.4, -0.2) is 16.9 Å². The number of nitrogens with zero attached hydrogens (tertiary/aromatic N) is 1. The molecule has 2 saturated carbocycles. The first kappa shape index (κ1) is 10.7. The van der Waals surface area contributed by atoms with E-state index in [9.17, 15) is 9.18 Å². The summed E-state index contributed by atoms with van der Waals surface area (Å²) in [7, 11) is 0. The number of fused-ring (bicyclic) bond motifs is 2. The smallest absolute Gasteiger partial charge is 0.253 e. The molecule has 3 rings (SSSR count). The van der Waals surface area contributed by atoms with Gasteiger partial charge >= 0.3 is 0 Å². The lowest BCUT2D eigenvalue weighted by atomic mass is 9.95. The van der Waals surface area contributed by atoms with Crippen molar-refractivity contribution in [2.45, 2.75) is 31.7 Å². The predicted octanol–water partition coefficient (Wildman–Crippen LogP) is 2.14. The number of aromatic nitrogens is 1. The minimum absolute atomic E-state index is 0.130. The van der Waals surface area contributed by atoms with Crippen LogP contribution in [0.5, 0.6) is 0 Å². The number of hydrogen-bond donors (Lipinski definition) is 1. The fraction of sp³-hybridized carbons (Fsp3) is 0.538. The lowest BCUT2D eigenvalue weighted by molar-refractivity contribution is 0.0922. The first-order valence-corrected chi connectivity index (χ1v) is 6.15. The van der Waals surface area contributed by atoms with E-state index in [1.54, 1.807) is 0 Å². The number of pyridine rings is 1. The molecule has 2 bridgehead atoms. The third kappa shape index (κ3) is 2.04. The normalized spacial score (nSPS) is 30.5. The molecule has 3 atom stereocenters. The van der Waals surface area contributed by atoms with Crippen molar-refractivity contribution in [3.05, 3.63) is 29.8 Å². The minimum Gasteiger partial charge on any atom is -0.349 e. The zero-order valence-corrected chi connectivity index (χ0v) is 9.53. The third-order valence-electron chi connectivity index (χ3n) is 4.04. The number of nitrogens with one attached hydrogen (secondary N) is 1. The summed E-state index contributed by atoms with van der Waals surface area (Å²) in [5.74, 6) is 0.769. The van der Waals surface area contributed by atoms with Crippen LogP contribution < -0.4 is 5.32 Å². The quantitative estimate of drug-likeness (QED) is 0.796. The molecule has 2 aliphatic carbocycles. The van der Waals surface area contributed by atoms with Gasteiger partial charge in [0.15, 0.2) is 0 Å². The van der Waals surface area contributed by atoms with Crippen LogP contribution in [0, 0.1) is 17.8 Å². The maximum Gasteiger partial charge on any atom is 0.253 e. The molecule has 3 nitrogen and oxygen atoms in total. The topological polar surface area (TPSA) is 42.0 Å². The Morgan fingerprint density at radius 1 is 1.35 bits per heavy atom. The van der Waals surface area contributed by atoms with Crippen LogP contribution in [0.3, 0.4) is 0 Å². The molecule has 2 fully saturated rings. The van der Waals surface area contributed by atoms with E-state index in [1.807, 2.05) is 0 Å². The average molecular weight is 234 g/mol. The van der Waals surface area contributed by atoms with Crippen LogP contribution in [0.4, 0.5) is 4.39 Å². The number of amides is 1. The van der Waals surface area contributed by atoms with Crippen LogP contribution in [0.1, 0.15) is 36.0 Å². The Hall–Kier alpha value is -1.45. The monoisotopic (exact) mass is 234 g/mol. The molecule has 0 aliphatic heterocycles. The second-order valence-electron chi connectivity index (χ2n) is 5.12. The number of rotatable bonds is 2. The number of hydrogen-bond acceptors (Lipinski definition) is 2. The summed E-state index contributed by atoms with van der Waals surface area (Å²) in [4.78, 5) is 15.4. The van der Waals surface area contributed by atoms with Crippen molar-refractivity contribution >= 4 is 5.91 Å². The molecular weight excluding hydrogens is 219 g/mol. The highest BCUT2D eigenvalue weighted by Crippen LogP contribution is 2.44. The van der Waals surface area contributed by atoms with Gasteiger partial charge in [-0.25, -0.2) is 4.98 Å². The highest BCUT2D eigenvalue weighted by atomic mass is 19.1. The van der Waals surface area contributed by atoms with Gasteiger partial charge in [-0.3, -0.25) is 4.79 Å². The molecule has 17 heavy (non-hydrogen) atoms. The Labute approximate surface area is 99.4 Å². The molecule has 1 amide bonds. The van der Waals surface area contributed by atoms with E-state index in [0.717, 1.165) is 12.3 Å². The van der Waals surface area contributed by atoms with Crippen molar-refractivity contribution in [1.82, 2.24) is 10.3 Å². The summed E-state index contributed by atoms with van der Waals surface area (Å²) < 4.78 is 12.6. The van der Waals surface area contributed by atoms with Crippen molar-refractivity contribution < 1.29 is 9.18 Å². The maximum atomic E-state index is 12.6. The molecule has 1 aromatic rings. The fourth-order valence-electron chi connectivity index (χ4n) is 3.18. The number of halogens is 1. The molecule has 1 N–H and O–H groups in total. The Morgan fingerprint density at radius 2 is 2.24 bits per heavy atom. The number of carbonyl (C=O) groups is 1. The van der Waals surface area contributed by atoms with Crippen molar-refractivity contribution in [3.8, 4) is 0 Å². The SMILES string of the molecule is O=C(NC1CC2CCC1C2)c1ccc(F)nc1. The van der Waals surface area contributed by atoms with Gasteiger partial charge in [0.05, 0.1) is 5.56 Å². The Balaban J connectivity index is 1.65. The summed E-state index contributed by atoms with van der Waals surface area (Å²) >= 11 is 0. The Kier molecular flexibility index (Phi) is 2.57. The molecule has 0 saturated heterocycles. The van der Waals surface area contributed by atoms with E-state index < -0.39 is 5.95 Å². The van der Waals surface area contributed by atoms with Crippen LogP contribution in [0.15, 0.2) is 18.3 Å². The van der Waals surface area contributed by atoms with E-state index in [1.165, 1.54) is 37.6 Å². The first-order chi connectivity index (χ1) is 8.22. The van der Waals surface area contributed by atoms with Gasteiger partial charge in [-0.05, 0) is 43.2 Å². The number of carbonyl (C=O) groups excluding carboxylic acids is 1. The zero-order valence-electron chi connectivity index (χ0n) is 9.53. The molecule has 2 aliphatic rings. The minimum atomic E-state index is -0.554. The van der Waals surface area contributed by atoms with Gasteiger partial charge in [0.25, 0.3) is 5.91 Å². The first-order valence-electron chi connectivity index (χ1n) is 6.15. The van der Waals surface area contributed by atoms with Gasteiger partial charge in [-0.1, -0.05) is 6.42 Å². The molecule has 0 aromatic carbocycles. The van der Waals surface area contributed by atoms with Crippen LogP contribution in [0.2, 0.25) is 0 Å². The summed E-state index contributed by atoms with van der Waals surface area (Å²) in [6.45, 7) is 0. The van der Waals surface area contributed by atoms with Crippen LogP contribution in [-0.2, 0) is 0 Å². The second kappa shape index (κ2) is 4.09. The fourth-order valence-corrected chi connectivity index (χ4v) is 3.18. The van der Waals surface area contributed by atoms with Crippen LogP contribution >= 0.6 is 0 Å². The largest absolute Gasteiger partial charge is 0.349 e. The molecule has 4 heteroatoms. The van der Waals surface area contributed by atoms with E-state index in [-0.39, 0.29) is 5.91 Å². The summed E-state index contributed by atoms with van der Waals surface area (Å²) in [6.07, 6.45) is 6.20. The maximum absolute atomic E-state index is 12.6. The lowest BCUT2D eigenvalue weighted by Crippen LogP contribution is -2.38. The van der Waals surface area contributed by atoms with Gasteiger partial charge in [-0.2, -0.15) is 4.39 Å². The highest BCUT2D eigenvalue weighted by molar-refractivity contribution is 5.94. The van der Waals surface area contributed by atoms with Gasteiger partial charge in [0.1, 0.15) is 0 Å². The zero-order chi connectivity index (χ0) is 11.8. The molecule has 1 aromatic heterocycles. The Morgan fingerprint density at radius 3 is 2.82 bits per heavy atom. The summed E-state index contributed by atoms with van der Waals surface area (Å²) in [5, 5.41) is 3.04. The average Bonchev–Trinajstić information content (AvgIpc) is 2.91. The Bertz CT molecular complexity index is 432. The second-order valence-corrected chi connectivity index (χ2v) is 5.12. The van der Waals surface area contributed by atoms with Gasteiger partial charge in [0, 0.05) is 12.2 Å². The van der Waals surface area contributed by atoms with Crippen molar-refractivity contribution in [2.75, 3.05) is 0 Å². The molecule has 0 radical (unpaired) electrons. The summed E-state index contributed by atoms with van der Waals surface area (Å²) in [6, 6.07) is 3.01. The van der Waals surface area contributed by atoms with E-state index in [4.69, 9.17) is 0 Å². The molecule has 3 unspecified atom stereocenters. The summed E-state index contributed by atoms with van der Waals surface area (Å²) in [5.41, 5.74) is 0.439. The molecule has 90 valence electrons. The van der Waals surface area contributed by atoms with Crippen LogP contribution in [0.25, 0.3) is 0 Å². The van der Waals surface area contributed by atoms with Crippen molar-refractivity contribution in [1.29, 1.82) is 0 Å². The standard InChI is InChI=1S/C13H15FN2O/c14-12-4-3-10(7-15-12)13(17)16-11-6-8-1-2-9(11)5-8/h3-4,7-9,11H,1-2,5-6H2,(H,16,17). The van der Waals surface area contributed by atoms with Gasteiger partial charge in [0.2, 0.25) is 5.95 Å². The van der Waals surface area contributed by atoms with Crippen molar-refractivity contribution in [2.24, 2.45) is 11.8 Å². The molecular formula is C13H15FN2O. The van der Waals surface area contributed by atoms with E-state index >= 15 is 0 Å².